The lowest BCUT2D eigenvalue weighted by atomic mass is 9.65. The van der Waals surface area contributed by atoms with Crippen LogP contribution in [-0.4, -0.2) is 82.7 Å². The summed E-state index contributed by atoms with van der Waals surface area (Å²) in [5.74, 6) is -3.91. The molecule has 6 atom stereocenters. The number of carbonyl (C=O) groups excluding carboxylic acids is 4. The molecule has 208 valence electrons. The minimum atomic E-state index is -2.77. The first-order valence-electron chi connectivity index (χ1n) is 12.7. The first-order valence-corrected chi connectivity index (χ1v) is 12.7. The topological polar surface area (TPSA) is 166 Å². The number of hydrogen-bond donors (Lipinski definition) is 3. The summed E-state index contributed by atoms with van der Waals surface area (Å²) in [5, 5.41) is 15.7. The summed E-state index contributed by atoms with van der Waals surface area (Å²) < 4.78 is 20.2. The van der Waals surface area contributed by atoms with Gasteiger partial charge in [0.05, 0.1) is 24.8 Å². The third-order valence-electron chi connectivity index (χ3n) is 6.62. The zero-order chi connectivity index (χ0) is 28.3. The SMILES string of the molecule is COC(=O)[C@@H]1[OH+][B-]2([C@H](CC(C)C)NC(=O)[C@@H](NC(=O)c3cccc(-c4ccccc4)n3)[C@@H](C)O)OC(=O)[C@@H]1O2. The molecular formula is C26H32BN3O9. The summed E-state index contributed by atoms with van der Waals surface area (Å²) in [5.41, 5.74) is 1.43. The number of esters is 1. The van der Waals surface area contributed by atoms with Crippen LogP contribution in [0.5, 0.6) is 0 Å². The molecule has 3 heterocycles. The van der Waals surface area contributed by atoms with E-state index in [9.17, 15) is 24.3 Å². The summed E-state index contributed by atoms with van der Waals surface area (Å²) in [4.78, 5) is 55.4. The Bertz CT molecular complexity index is 1240. The number of benzene rings is 1. The van der Waals surface area contributed by atoms with Crippen molar-refractivity contribution in [3.8, 4) is 11.3 Å². The number of carbonyl (C=O) groups is 4. The molecule has 12 nitrogen and oxygen atoms in total. The van der Waals surface area contributed by atoms with E-state index < -0.39 is 60.8 Å². The maximum absolute atomic E-state index is 13.4. The average Bonchev–Trinajstić information content (AvgIpc) is 3.47. The Morgan fingerprint density at radius 3 is 2.46 bits per heavy atom. The Morgan fingerprint density at radius 1 is 1.10 bits per heavy atom. The van der Waals surface area contributed by atoms with Crippen LogP contribution in [0.15, 0.2) is 48.5 Å². The number of nitrogens with zero attached hydrogens (tertiary/aromatic N) is 1. The molecule has 1 unspecified atom stereocenters. The molecule has 2 aliphatic rings. The third-order valence-corrected chi connectivity index (χ3v) is 6.62. The normalized spacial score (nSPS) is 24.0. The standard InChI is InChI=1S/C26H32BN3O9/c1-14(2)13-19(27-37-21(25(34)36-4)22(38-27)26(35)39-27)29-24(33)20(15(3)31)30-23(32)18-12-8-11-17(28-18)16-9-6-5-7-10-16/h5-12,14-15,19-22,31,37H,13H2,1-4H3,(H,29,33)(H,30,32)/t15-,19+,20+,21-,22-,27?/m1/s1. The number of hydrogen-bond acceptors (Lipinski definition) is 9. The van der Waals surface area contributed by atoms with Gasteiger partial charge in [-0.15, -0.1) is 0 Å². The van der Waals surface area contributed by atoms with E-state index in [0.29, 0.717) is 5.69 Å². The van der Waals surface area contributed by atoms with Crippen LogP contribution in [0.1, 0.15) is 37.7 Å². The molecule has 2 amide bonds. The molecule has 2 fully saturated rings. The maximum atomic E-state index is 13.4. The molecule has 2 aliphatic heterocycles. The number of nitrogens with one attached hydrogen (secondary N) is 2. The second-order valence-electron chi connectivity index (χ2n) is 10.0. The highest BCUT2D eigenvalue weighted by molar-refractivity contribution is 6.66. The number of aliphatic hydroxyl groups is 2. The van der Waals surface area contributed by atoms with Crippen LogP contribution in [0.2, 0.25) is 0 Å². The van der Waals surface area contributed by atoms with Gasteiger partial charge >= 0.3 is 12.7 Å². The summed E-state index contributed by atoms with van der Waals surface area (Å²) in [7, 11) is 1.17. The molecule has 13 heteroatoms. The van der Waals surface area contributed by atoms with Gasteiger partial charge in [-0.25, -0.2) is 9.78 Å². The van der Waals surface area contributed by atoms with E-state index in [0.717, 1.165) is 5.56 Å². The molecular weight excluding hydrogens is 509 g/mol. The molecule has 4 rings (SSSR count). The minimum absolute atomic E-state index is 0.00945. The lowest BCUT2D eigenvalue weighted by Gasteiger charge is -2.36. The van der Waals surface area contributed by atoms with Crippen molar-refractivity contribution in [1.82, 2.24) is 15.6 Å². The van der Waals surface area contributed by atoms with Crippen molar-refractivity contribution in [2.75, 3.05) is 7.11 Å². The summed E-state index contributed by atoms with van der Waals surface area (Å²) in [6, 6.07) is 12.8. The Balaban J connectivity index is 1.52. The van der Waals surface area contributed by atoms with Crippen molar-refractivity contribution >= 4 is 30.5 Å². The Labute approximate surface area is 225 Å². The van der Waals surface area contributed by atoms with E-state index >= 15 is 0 Å². The number of fused-ring (bicyclic) bond motifs is 2. The second-order valence-corrected chi connectivity index (χ2v) is 10.0. The average molecular weight is 541 g/mol. The van der Waals surface area contributed by atoms with Gasteiger partial charge in [0, 0.05) is 5.56 Å². The van der Waals surface area contributed by atoms with Crippen molar-refractivity contribution in [1.29, 1.82) is 0 Å². The molecule has 2 aromatic rings. The molecule has 0 spiro atoms. The lowest BCUT2D eigenvalue weighted by Crippen LogP contribution is -2.66. The van der Waals surface area contributed by atoms with Gasteiger partial charge in [-0.1, -0.05) is 50.2 Å². The van der Waals surface area contributed by atoms with Crippen LogP contribution in [-0.2, 0) is 28.4 Å². The predicted octanol–water partition coefficient (Wildman–Crippen LogP) is 0.262. The monoisotopic (exact) mass is 541 g/mol. The van der Waals surface area contributed by atoms with Gasteiger partial charge < -0.3 is 34.4 Å². The van der Waals surface area contributed by atoms with Crippen LogP contribution >= 0.6 is 0 Å². The maximum Gasteiger partial charge on any atom is 0.648 e. The molecule has 0 aliphatic carbocycles. The van der Waals surface area contributed by atoms with Crippen LogP contribution in [0.25, 0.3) is 11.3 Å². The van der Waals surface area contributed by atoms with Gasteiger partial charge in [-0.05, 0) is 31.4 Å². The summed E-state index contributed by atoms with van der Waals surface area (Å²) >= 11 is 0. The third kappa shape index (κ3) is 5.95. The summed E-state index contributed by atoms with van der Waals surface area (Å²) in [6.07, 6.45) is -3.50. The fourth-order valence-corrected chi connectivity index (χ4v) is 4.75. The van der Waals surface area contributed by atoms with Crippen LogP contribution < -0.4 is 10.6 Å². The van der Waals surface area contributed by atoms with Crippen molar-refractivity contribution in [2.24, 2.45) is 5.92 Å². The van der Waals surface area contributed by atoms with Crippen LogP contribution in [0.3, 0.4) is 0 Å². The fraction of sp³-hybridized carbons (Fsp3) is 0.423. The Hall–Kier alpha value is -3.81. The smallest absolute Gasteiger partial charge is 0.607 e. The molecule has 2 bridgehead atoms. The largest absolute Gasteiger partial charge is 0.648 e. The number of pyridine rings is 1. The number of aromatic nitrogens is 1. The quantitative estimate of drug-likeness (QED) is 0.217. The fourth-order valence-electron chi connectivity index (χ4n) is 4.75. The molecule has 39 heavy (non-hydrogen) atoms. The van der Waals surface area contributed by atoms with E-state index in [4.69, 9.17) is 14.0 Å². The van der Waals surface area contributed by atoms with E-state index in [2.05, 4.69) is 20.3 Å². The van der Waals surface area contributed by atoms with Crippen molar-refractivity contribution in [2.45, 2.75) is 57.5 Å². The number of aliphatic hydroxyl groups excluding tert-OH is 1. The van der Waals surface area contributed by atoms with Gasteiger partial charge in [-0.3, -0.25) is 14.4 Å². The van der Waals surface area contributed by atoms with Gasteiger partial charge in [0.2, 0.25) is 12.0 Å². The molecule has 1 aromatic heterocycles. The van der Waals surface area contributed by atoms with Gasteiger partial charge in [-0.2, -0.15) is 0 Å². The van der Waals surface area contributed by atoms with E-state index in [1.54, 1.807) is 12.1 Å². The highest BCUT2D eigenvalue weighted by Gasteiger charge is 2.70. The molecule has 1 aromatic carbocycles. The number of ether oxygens (including phenoxy) is 1. The van der Waals surface area contributed by atoms with E-state index in [-0.39, 0.29) is 18.0 Å². The summed E-state index contributed by atoms with van der Waals surface area (Å²) in [6.45, 7) is 2.34. The van der Waals surface area contributed by atoms with Gasteiger partial charge in [0.25, 0.3) is 11.9 Å². The van der Waals surface area contributed by atoms with E-state index in [1.165, 1.54) is 20.1 Å². The molecule has 0 saturated carbocycles. The van der Waals surface area contributed by atoms with Crippen molar-refractivity contribution in [3.05, 3.63) is 54.2 Å². The first kappa shape index (κ1) is 28.2. The van der Waals surface area contributed by atoms with Crippen LogP contribution in [0, 0.1) is 5.92 Å². The number of rotatable bonds is 10. The first-order chi connectivity index (χ1) is 18.5. The zero-order valence-electron chi connectivity index (χ0n) is 22.1. The van der Waals surface area contributed by atoms with Crippen molar-refractivity contribution in [3.63, 3.8) is 0 Å². The minimum Gasteiger partial charge on any atom is -0.607 e. The van der Waals surface area contributed by atoms with Crippen molar-refractivity contribution < 1.29 is 43.0 Å². The zero-order valence-corrected chi connectivity index (χ0v) is 22.1. The van der Waals surface area contributed by atoms with Crippen LogP contribution in [0.4, 0.5) is 0 Å². The van der Waals surface area contributed by atoms with E-state index in [1.807, 2.05) is 44.2 Å². The second kappa shape index (κ2) is 11.5. The molecule has 0 radical (unpaired) electrons. The predicted molar refractivity (Wildman–Crippen MR) is 139 cm³/mol. The Kier molecular flexibility index (Phi) is 8.33. The number of amides is 2. The lowest BCUT2D eigenvalue weighted by molar-refractivity contribution is -0.170. The highest BCUT2D eigenvalue weighted by Crippen LogP contribution is 2.36. The Morgan fingerprint density at radius 2 is 1.82 bits per heavy atom. The molecule has 2 saturated heterocycles. The van der Waals surface area contributed by atoms with Gasteiger partial charge in [0.1, 0.15) is 11.7 Å². The highest BCUT2D eigenvalue weighted by atomic mass is 16.8. The molecule has 4 N–H and O–H groups in total. The number of methoxy groups -OCH3 is 1. The van der Waals surface area contributed by atoms with Gasteiger partial charge in [0.15, 0.2) is 6.10 Å².